The molecule has 1 aromatic carbocycles. The molecule has 0 heterocycles. The smallest absolute Gasteiger partial charge is 0.240 e. The van der Waals surface area contributed by atoms with Gasteiger partial charge in [-0.3, -0.25) is 4.79 Å². The number of aliphatic hydroxyl groups is 2. The third-order valence-electron chi connectivity index (χ3n) is 2.76. The molecule has 8 heteroatoms. The van der Waals surface area contributed by atoms with Crippen molar-refractivity contribution in [3.8, 4) is 0 Å². The van der Waals surface area contributed by atoms with Crippen LogP contribution in [0.3, 0.4) is 0 Å². The summed E-state index contributed by atoms with van der Waals surface area (Å²) in [6, 6.07) is 6.00. The maximum absolute atomic E-state index is 12.0. The van der Waals surface area contributed by atoms with E-state index in [1.54, 1.807) is 12.1 Å². The van der Waals surface area contributed by atoms with E-state index in [0.717, 1.165) is 5.56 Å². The molecule has 0 bridgehead atoms. The Morgan fingerprint density at radius 2 is 1.86 bits per heavy atom. The van der Waals surface area contributed by atoms with Crippen molar-refractivity contribution in [3.63, 3.8) is 0 Å². The van der Waals surface area contributed by atoms with Crippen LogP contribution in [0.5, 0.6) is 0 Å². The molecule has 0 aromatic heterocycles. The van der Waals surface area contributed by atoms with E-state index in [9.17, 15) is 18.3 Å². The largest absolute Gasteiger partial charge is 0.393 e. The van der Waals surface area contributed by atoms with E-state index in [1.807, 2.05) is 0 Å². The van der Waals surface area contributed by atoms with Gasteiger partial charge in [0, 0.05) is 20.0 Å². The number of rotatable bonds is 7. The molecule has 0 radical (unpaired) electrons. The molecule has 0 aliphatic heterocycles. The second-order valence-electron chi connectivity index (χ2n) is 5.03. The molecule has 0 spiro atoms. The lowest BCUT2D eigenvalue weighted by Gasteiger charge is -2.20. The number of hydrogen-bond donors (Lipinski definition) is 4. The van der Waals surface area contributed by atoms with Crippen LogP contribution in [0.1, 0.15) is 19.4 Å². The SMILES string of the molecule is CC(=O)NCc1ccc(S(=O)(=O)NCC(C)(O)CO)cc1. The monoisotopic (exact) mass is 316 g/mol. The van der Waals surface area contributed by atoms with Crippen molar-refractivity contribution in [2.24, 2.45) is 0 Å². The zero-order valence-electron chi connectivity index (χ0n) is 12.0. The lowest BCUT2D eigenvalue weighted by atomic mass is 10.1. The number of carbonyl (C=O) groups excluding carboxylic acids is 1. The van der Waals surface area contributed by atoms with Gasteiger partial charge in [0.15, 0.2) is 0 Å². The molecule has 0 saturated carbocycles. The second kappa shape index (κ2) is 6.99. The highest BCUT2D eigenvalue weighted by Gasteiger charge is 2.23. The van der Waals surface area contributed by atoms with Crippen LogP contribution in [-0.2, 0) is 21.4 Å². The molecule has 0 fully saturated rings. The number of benzene rings is 1. The molecule has 4 N–H and O–H groups in total. The summed E-state index contributed by atoms with van der Waals surface area (Å²) < 4.78 is 26.2. The van der Waals surface area contributed by atoms with Crippen LogP contribution in [0.15, 0.2) is 29.2 Å². The number of carbonyl (C=O) groups is 1. The molecular formula is C13H20N2O5S. The Labute approximate surface area is 124 Å². The first-order valence-corrected chi connectivity index (χ1v) is 7.81. The van der Waals surface area contributed by atoms with Gasteiger partial charge in [-0.05, 0) is 24.6 Å². The third kappa shape index (κ3) is 5.80. The fourth-order valence-electron chi connectivity index (χ4n) is 1.40. The van der Waals surface area contributed by atoms with Crippen molar-refractivity contribution in [2.45, 2.75) is 30.9 Å². The Balaban J connectivity index is 2.73. The third-order valence-corrected chi connectivity index (χ3v) is 4.18. The van der Waals surface area contributed by atoms with Gasteiger partial charge in [-0.2, -0.15) is 0 Å². The molecule has 0 saturated heterocycles. The van der Waals surface area contributed by atoms with E-state index in [2.05, 4.69) is 10.0 Å². The molecule has 1 amide bonds. The predicted octanol–water partition coefficient (Wildman–Crippen LogP) is -0.656. The summed E-state index contributed by atoms with van der Waals surface area (Å²) in [6.45, 7) is 2.20. The van der Waals surface area contributed by atoms with Crippen LogP contribution in [0, 0.1) is 0 Å². The number of amides is 1. The first-order valence-electron chi connectivity index (χ1n) is 6.32. The Hall–Kier alpha value is -1.48. The summed E-state index contributed by atoms with van der Waals surface area (Å²) in [5, 5.41) is 21.1. The lowest BCUT2D eigenvalue weighted by molar-refractivity contribution is -0.119. The van der Waals surface area contributed by atoms with E-state index < -0.39 is 22.2 Å². The van der Waals surface area contributed by atoms with Crippen molar-refractivity contribution in [2.75, 3.05) is 13.2 Å². The summed E-state index contributed by atoms with van der Waals surface area (Å²) in [6.07, 6.45) is 0. The van der Waals surface area contributed by atoms with E-state index >= 15 is 0 Å². The van der Waals surface area contributed by atoms with Crippen LogP contribution in [0.25, 0.3) is 0 Å². The number of aliphatic hydroxyl groups excluding tert-OH is 1. The Bertz CT molecular complexity index is 581. The lowest BCUT2D eigenvalue weighted by Crippen LogP contribution is -2.43. The van der Waals surface area contributed by atoms with Crippen LogP contribution in [0.4, 0.5) is 0 Å². The molecule has 1 aromatic rings. The van der Waals surface area contributed by atoms with Gasteiger partial charge < -0.3 is 15.5 Å². The predicted molar refractivity (Wildman–Crippen MR) is 76.9 cm³/mol. The minimum atomic E-state index is -3.76. The average Bonchev–Trinajstić information content (AvgIpc) is 2.44. The maximum atomic E-state index is 12.0. The second-order valence-corrected chi connectivity index (χ2v) is 6.80. The molecule has 0 aliphatic rings. The highest BCUT2D eigenvalue weighted by molar-refractivity contribution is 7.89. The normalized spacial score (nSPS) is 14.5. The number of hydrogen-bond acceptors (Lipinski definition) is 5. The molecule has 21 heavy (non-hydrogen) atoms. The van der Waals surface area contributed by atoms with Gasteiger partial charge in [0.1, 0.15) is 0 Å². The summed E-state index contributed by atoms with van der Waals surface area (Å²) in [4.78, 5) is 10.8. The van der Waals surface area contributed by atoms with Crippen LogP contribution in [-0.4, -0.2) is 43.3 Å². The molecule has 1 rings (SSSR count). The van der Waals surface area contributed by atoms with E-state index in [1.165, 1.54) is 26.0 Å². The topological polar surface area (TPSA) is 116 Å². The Morgan fingerprint density at radius 3 is 2.33 bits per heavy atom. The van der Waals surface area contributed by atoms with Crippen molar-refractivity contribution in [1.29, 1.82) is 0 Å². The van der Waals surface area contributed by atoms with E-state index in [4.69, 9.17) is 5.11 Å². The molecule has 1 unspecified atom stereocenters. The van der Waals surface area contributed by atoms with Gasteiger partial charge in [0.2, 0.25) is 15.9 Å². The summed E-state index contributed by atoms with van der Waals surface area (Å²) >= 11 is 0. The fraction of sp³-hybridized carbons (Fsp3) is 0.462. The molecule has 7 nitrogen and oxygen atoms in total. The van der Waals surface area contributed by atoms with Gasteiger partial charge in [-0.25, -0.2) is 13.1 Å². The van der Waals surface area contributed by atoms with Gasteiger partial charge in [0.25, 0.3) is 0 Å². The van der Waals surface area contributed by atoms with Crippen molar-refractivity contribution in [1.82, 2.24) is 10.0 Å². The minimum Gasteiger partial charge on any atom is -0.393 e. The van der Waals surface area contributed by atoms with Crippen LogP contribution < -0.4 is 10.0 Å². The molecule has 118 valence electrons. The average molecular weight is 316 g/mol. The zero-order valence-corrected chi connectivity index (χ0v) is 12.8. The van der Waals surface area contributed by atoms with Crippen molar-refractivity contribution in [3.05, 3.63) is 29.8 Å². The van der Waals surface area contributed by atoms with Crippen LogP contribution in [0.2, 0.25) is 0 Å². The first kappa shape index (κ1) is 17.6. The fourth-order valence-corrected chi connectivity index (χ4v) is 2.56. The zero-order chi connectivity index (χ0) is 16.1. The van der Waals surface area contributed by atoms with Gasteiger partial charge in [0.05, 0.1) is 17.1 Å². The quantitative estimate of drug-likeness (QED) is 0.533. The van der Waals surface area contributed by atoms with E-state index in [-0.39, 0.29) is 17.3 Å². The van der Waals surface area contributed by atoms with Crippen molar-refractivity contribution < 1.29 is 23.4 Å². The molecular weight excluding hydrogens is 296 g/mol. The Kier molecular flexibility index (Phi) is 5.85. The van der Waals surface area contributed by atoms with Gasteiger partial charge in [-0.15, -0.1) is 0 Å². The van der Waals surface area contributed by atoms with Crippen LogP contribution >= 0.6 is 0 Å². The molecule has 0 aliphatic carbocycles. The Morgan fingerprint density at radius 1 is 1.29 bits per heavy atom. The highest BCUT2D eigenvalue weighted by Crippen LogP contribution is 2.11. The first-order chi connectivity index (χ1) is 9.66. The van der Waals surface area contributed by atoms with Gasteiger partial charge >= 0.3 is 0 Å². The molecule has 1 atom stereocenters. The summed E-state index contributed by atoms with van der Waals surface area (Å²) in [5.74, 6) is -0.167. The summed E-state index contributed by atoms with van der Waals surface area (Å²) in [5.41, 5.74) is -0.746. The maximum Gasteiger partial charge on any atom is 0.240 e. The number of sulfonamides is 1. The highest BCUT2D eigenvalue weighted by atomic mass is 32.2. The number of nitrogens with one attached hydrogen (secondary N) is 2. The van der Waals surface area contributed by atoms with Crippen molar-refractivity contribution >= 4 is 15.9 Å². The van der Waals surface area contributed by atoms with E-state index in [0.29, 0.717) is 6.54 Å². The minimum absolute atomic E-state index is 0.0443. The summed E-state index contributed by atoms with van der Waals surface area (Å²) in [7, 11) is -3.76. The van der Waals surface area contributed by atoms with Gasteiger partial charge in [-0.1, -0.05) is 12.1 Å². The standard InChI is InChI=1S/C13H20N2O5S/c1-10(17)14-7-11-3-5-12(6-4-11)21(19,20)15-8-13(2,18)9-16/h3-6,15-16,18H,7-9H2,1-2H3,(H,14,17).